The predicted octanol–water partition coefficient (Wildman–Crippen LogP) is 3.94. The zero-order chi connectivity index (χ0) is 16.7. The first-order valence-electron chi connectivity index (χ1n) is 7.71. The lowest BCUT2D eigenvalue weighted by molar-refractivity contribution is 0.0974. The summed E-state index contributed by atoms with van der Waals surface area (Å²) in [6.45, 7) is 0. The molecule has 0 bridgehead atoms. The molecule has 0 fully saturated rings. The maximum Gasteiger partial charge on any atom is 0.262 e. The SMILES string of the molecule is Cn1cccc1[C@H]1Nc2ccccc2C(=O)N1c1ccc(F)cc1. The van der Waals surface area contributed by atoms with Crippen LogP contribution in [0.1, 0.15) is 22.2 Å². The van der Waals surface area contributed by atoms with E-state index in [0.717, 1.165) is 11.4 Å². The summed E-state index contributed by atoms with van der Waals surface area (Å²) < 4.78 is 15.3. The Kier molecular flexibility index (Phi) is 3.34. The summed E-state index contributed by atoms with van der Waals surface area (Å²) >= 11 is 0. The van der Waals surface area contributed by atoms with Gasteiger partial charge < -0.3 is 9.88 Å². The molecule has 120 valence electrons. The molecule has 2 aromatic carbocycles. The van der Waals surface area contributed by atoms with Crippen LogP contribution in [0.2, 0.25) is 0 Å². The van der Waals surface area contributed by atoms with Gasteiger partial charge in [-0.05, 0) is 48.5 Å². The molecule has 3 aromatic rings. The lowest BCUT2D eigenvalue weighted by Crippen LogP contribution is -2.43. The lowest BCUT2D eigenvalue weighted by atomic mass is 10.1. The van der Waals surface area contributed by atoms with Crippen LogP contribution in [0.5, 0.6) is 0 Å². The van der Waals surface area contributed by atoms with E-state index in [2.05, 4.69) is 5.32 Å². The number of nitrogens with zero attached hydrogens (tertiary/aromatic N) is 2. The van der Waals surface area contributed by atoms with Crippen molar-refractivity contribution in [2.24, 2.45) is 7.05 Å². The second-order valence-electron chi connectivity index (χ2n) is 5.79. The van der Waals surface area contributed by atoms with Crippen LogP contribution in [0.15, 0.2) is 66.9 Å². The van der Waals surface area contributed by atoms with Gasteiger partial charge in [0.25, 0.3) is 5.91 Å². The van der Waals surface area contributed by atoms with Crippen molar-refractivity contribution in [2.45, 2.75) is 6.17 Å². The highest BCUT2D eigenvalue weighted by atomic mass is 19.1. The fraction of sp³-hybridized carbons (Fsp3) is 0.105. The average Bonchev–Trinajstić information content (AvgIpc) is 3.02. The number of aromatic nitrogens is 1. The van der Waals surface area contributed by atoms with E-state index >= 15 is 0 Å². The number of hydrogen-bond donors (Lipinski definition) is 1. The molecular formula is C19H16FN3O. The number of rotatable bonds is 2. The van der Waals surface area contributed by atoms with Crippen molar-refractivity contribution >= 4 is 17.3 Å². The number of carbonyl (C=O) groups is 1. The second-order valence-corrected chi connectivity index (χ2v) is 5.79. The fourth-order valence-electron chi connectivity index (χ4n) is 3.09. The van der Waals surface area contributed by atoms with Crippen molar-refractivity contribution in [1.29, 1.82) is 0 Å². The molecule has 0 aliphatic carbocycles. The van der Waals surface area contributed by atoms with E-state index in [1.807, 2.05) is 48.1 Å². The van der Waals surface area contributed by atoms with Crippen molar-refractivity contribution in [3.8, 4) is 0 Å². The zero-order valence-corrected chi connectivity index (χ0v) is 13.1. The van der Waals surface area contributed by atoms with E-state index < -0.39 is 0 Å². The van der Waals surface area contributed by atoms with Crippen molar-refractivity contribution in [2.75, 3.05) is 10.2 Å². The first-order chi connectivity index (χ1) is 11.6. The monoisotopic (exact) mass is 321 g/mol. The smallest absolute Gasteiger partial charge is 0.262 e. The minimum atomic E-state index is -0.363. The van der Waals surface area contributed by atoms with Gasteiger partial charge in [0.15, 0.2) is 0 Å². The van der Waals surface area contributed by atoms with Crippen molar-refractivity contribution in [3.63, 3.8) is 0 Å². The molecule has 1 atom stereocenters. The highest BCUT2D eigenvalue weighted by molar-refractivity contribution is 6.12. The van der Waals surface area contributed by atoms with Crippen LogP contribution in [0.25, 0.3) is 0 Å². The van der Waals surface area contributed by atoms with Gasteiger partial charge in [-0.25, -0.2) is 4.39 Å². The maximum absolute atomic E-state index is 13.3. The van der Waals surface area contributed by atoms with Gasteiger partial charge in [-0.15, -0.1) is 0 Å². The van der Waals surface area contributed by atoms with E-state index in [1.54, 1.807) is 23.1 Å². The highest BCUT2D eigenvalue weighted by Crippen LogP contribution is 2.36. The predicted molar refractivity (Wildman–Crippen MR) is 91.4 cm³/mol. The Bertz CT molecular complexity index is 901. The van der Waals surface area contributed by atoms with E-state index in [-0.39, 0.29) is 17.9 Å². The Morgan fingerprint density at radius 2 is 1.75 bits per heavy atom. The number of amides is 1. The molecule has 1 aliphatic heterocycles. The van der Waals surface area contributed by atoms with E-state index in [1.165, 1.54) is 12.1 Å². The van der Waals surface area contributed by atoms with Gasteiger partial charge in [0.1, 0.15) is 12.0 Å². The fourth-order valence-corrected chi connectivity index (χ4v) is 3.09. The zero-order valence-electron chi connectivity index (χ0n) is 13.1. The van der Waals surface area contributed by atoms with Crippen molar-refractivity contribution in [1.82, 2.24) is 4.57 Å². The average molecular weight is 321 g/mol. The van der Waals surface area contributed by atoms with Gasteiger partial charge in [-0.2, -0.15) is 0 Å². The Labute approximate surface area is 139 Å². The third-order valence-corrected chi connectivity index (χ3v) is 4.30. The Balaban J connectivity index is 1.87. The molecule has 0 radical (unpaired) electrons. The summed E-state index contributed by atoms with van der Waals surface area (Å²) in [5.41, 5.74) is 3.00. The first kappa shape index (κ1) is 14.5. The molecule has 0 unspecified atom stereocenters. The normalized spacial score (nSPS) is 16.7. The number of halogens is 1. The van der Waals surface area contributed by atoms with E-state index in [9.17, 15) is 9.18 Å². The molecule has 4 nitrogen and oxygen atoms in total. The van der Waals surface area contributed by atoms with Crippen LogP contribution in [-0.4, -0.2) is 10.5 Å². The van der Waals surface area contributed by atoms with Crippen molar-refractivity contribution in [3.05, 3.63) is 83.9 Å². The number of nitrogens with one attached hydrogen (secondary N) is 1. The number of para-hydroxylation sites is 1. The highest BCUT2D eigenvalue weighted by Gasteiger charge is 2.34. The van der Waals surface area contributed by atoms with Crippen LogP contribution >= 0.6 is 0 Å². The van der Waals surface area contributed by atoms with Crippen molar-refractivity contribution < 1.29 is 9.18 Å². The number of carbonyl (C=O) groups excluding carboxylic acids is 1. The Morgan fingerprint density at radius 3 is 2.46 bits per heavy atom. The van der Waals surface area contributed by atoms with Gasteiger partial charge >= 0.3 is 0 Å². The second kappa shape index (κ2) is 5.53. The number of benzene rings is 2. The molecule has 0 saturated heterocycles. The van der Waals surface area contributed by atoms with Crippen LogP contribution in [-0.2, 0) is 7.05 Å². The summed E-state index contributed by atoms with van der Waals surface area (Å²) in [7, 11) is 1.94. The summed E-state index contributed by atoms with van der Waals surface area (Å²) in [6.07, 6.45) is 1.57. The summed E-state index contributed by atoms with van der Waals surface area (Å²) in [5, 5.41) is 3.42. The van der Waals surface area contributed by atoms with Gasteiger partial charge in [-0.3, -0.25) is 9.69 Å². The molecule has 5 heteroatoms. The van der Waals surface area contributed by atoms with Gasteiger partial charge in [0.2, 0.25) is 0 Å². The number of aryl methyl sites for hydroxylation is 1. The molecule has 1 amide bonds. The van der Waals surface area contributed by atoms with Gasteiger partial charge in [0.05, 0.1) is 11.3 Å². The molecule has 0 saturated carbocycles. The number of anilines is 2. The van der Waals surface area contributed by atoms with E-state index in [4.69, 9.17) is 0 Å². The molecule has 4 rings (SSSR count). The minimum Gasteiger partial charge on any atom is -0.359 e. The first-order valence-corrected chi connectivity index (χ1v) is 7.71. The third-order valence-electron chi connectivity index (χ3n) is 4.30. The summed E-state index contributed by atoms with van der Waals surface area (Å²) in [4.78, 5) is 14.8. The molecule has 0 spiro atoms. The molecule has 24 heavy (non-hydrogen) atoms. The molecular weight excluding hydrogens is 305 g/mol. The largest absolute Gasteiger partial charge is 0.359 e. The molecule has 2 heterocycles. The third kappa shape index (κ3) is 2.25. The van der Waals surface area contributed by atoms with Gasteiger partial charge in [-0.1, -0.05) is 12.1 Å². The number of fused-ring (bicyclic) bond motifs is 1. The molecule has 1 aliphatic rings. The van der Waals surface area contributed by atoms with Crippen LogP contribution in [0.3, 0.4) is 0 Å². The summed E-state index contributed by atoms with van der Waals surface area (Å²) in [6, 6.07) is 17.3. The minimum absolute atomic E-state index is 0.109. The molecule has 1 aromatic heterocycles. The summed E-state index contributed by atoms with van der Waals surface area (Å²) in [5.74, 6) is -0.436. The van der Waals surface area contributed by atoms with E-state index in [0.29, 0.717) is 11.3 Å². The van der Waals surface area contributed by atoms with Crippen LogP contribution in [0, 0.1) is 5.82 Å². The standard InChI is InChI=1S/C19H16FN3O/c1-22-12-4-7-17(22)18-21-16-6-3-2-5-15(16)19(24)23(18)14-10-8-13(20)9-11-14/h2-12,18,21H,1H3/t18-/m0/s1. The maximum atomic E-state index is 13.3. The quantitative estimate of drug-likeness (QED) is 0.776. The Hall–Kier alpha value is -3.08. The van der Waals surface area contributed by atoms with Crippen LogP contribution in [0.4, 0.5) is 15.8 Å². The Morgan fingerprint density at radius 1 is 1.00 bits per heavy atom. The lowest BCUT2D eigenvalue weighted by Gasteiger charge is -2.38. The van der Waals surface area contributed by atoms with Crippen LogP contribution < -0.4 is 10.2 Å². The molecule has 1 N–H and O–H groups in total. The number of hydrogen-bond acceptors (Lipinski definition) is 2. The topological polar surface area (TPSA) is 37.3 Å². The van der Waals surface area contributed by atoms with Gasteiger partial charge in [0, 0.05) is 24.6 Å².